The van der Waals surface area contributed by atoms with E-state index in [1.54, 1.807) is 0 Å². The normalized spacial score (nSPS) is 12.3. The van der Waals surface area contributed by atoms with E-state index in [2.05, 4.69) is 24.4 Å². The maximum atomic E-state index is 11.9. The number of carbonyl (C=O) groups is 1. The minimum absolute atomic E-state index is 0.0706. The highest BCUT2D eigenvalue weighted by Crippen LogP contribution is 2.09. The van der Waals surface area contributed by atoms with Crippen LogP contribution in [-0.2, 0) is 11.3 Å². The van der Waals surface area contributed by atoms with Crippen LogP contribution >= 0.6 is 0 Å². The van der Waals surface area contributed by atoms with Gasteiger partial charge in [-0.1, -0.05) is 31.5 Å². The number of amides is 1. The van der Waals surface area contributed by atoms with Gasteiger partial charge in [0.15, 0.2) is 12.4 Å². The predicted molar refractivity (Wildman–Crippen MR) is 76.7 cm³/mol. The molecule has 1 aromatic heterocycles. The maximum Gasteiger partial charge on any atom is 0.286 e. The third-order valence-corrected chi connectivity index (χ3v) is 3.20. The smallest absolute Gasteiger partial charge is 0.286 e. The highest BCUT2D eigenvalue weighted by molar-refractivity contribution is 5.80. The number of pyridine rings is 1. The molecule has 0 saturated heterocycles. The Bertz CT molecular complexity index is 565. The molecule has 0 radical (unpaired) electrons. The Hall–Kier alpha value is -1.90. The highest BCUT2D eigenvalue weighted by Gasteiger charge is 2.12. The molecule has 1 N–H and O–H groups in total. The summed E-state index contributed by atoms with van der Waals surface area (Å²) in [4.78, 5) is 11.9. The Kier molecular flexibility index (Phi) is 4.50. The molecule has 0 aliphatic heterocycles. The molecule has 1 aromatic carbocycles. The second-order valence-corrected chi connectivity index (χ2v) is 5.00. The minimum Gasteiger partial charge on any atom is -0.348 e. The average Bonchev–Trinajstić information content (AvgIpc) is 2.38. The molecule has 2 rings (SSSR count). The fraction of sp³-hybridized carbons (Fsp3) is 0.375. The van der Waals surface area contributed by atoms with Gasteiger partial charge in [0.2, 0.25) is 6.54 Å². The van der Waals surface area contributed by atoms with Crippen LogP contribution in [0.2, 0.25) is 0 Å². The van der Waals surface area contributed by atoms with Crippen molar-refractivity contribution in [3.05, 3.63) is 42.7 Å². The first kappa shape index (κ1) is 13.5. The zero-order valence-corrected chi connectivity index (χ0v) is 11.6. The van der Waals surface area contributed by atoms with E-state index in [0.29, 0.717) is 6.54 Å². The Balaban J connectivity index is 2.02. The number of hydrogen-bond donors (Lipinski definition) is 1. The van der Waals surface area contributed by atoms with E-state index < -0.39 is 0 Å². The Morgan fingerprint density at radius 2 is 2.00 bits per heavy atom. The fourth-order valence-corrected chi connectivity index (χ4v) is 2.27. The van der Waals surface area contributed by atoms with Crippen LogP contribution < -0.4 is 9.88 Å². The van der Waals surface area contributed by atoms with Crippen molar-refractivity contribution in [1.29, 1.82) is 0 Å². The van der Waals surface area contributed by atoms with Crippen molar-refractivity contribution >= 4 is 16.7 Å². The van der Waals surface area contributed by atoms with Crippen LogP contribution in [0.15, 0.2) is 42.7 Å². The molecule has 0 spiro atoms. The van der Waals surface area contributed by atoms with E-state index in [0.717, 1.165) is 18.2 Å². The van der Waals surface area contributed by atoms with Crippen LogP contribution in [0.3, 0.4) is 0 Å². The molecule has 0 bridgehead atoms. The molecule has 1 heterocycles. The topological polar surface area (TPSA) is 33.0 Å². The zero-order valence-electron chi connectivity index (χ0n) is 11.6. The lowest BCUT2D eigenvalue weighted by Crippen LogP contribution is -2.44. The van der Waals surface area contributed by atoms with Gasteiger partial charge in [0.1, 0.15) is 0 Å². The molecular formula is C16H21N2O+. The summed E-state index contributed by atoms with van der Waals surface area (Å²) < 4.78 is 1.93. The molecule has 0 aliphatic carbocycles. The maximum absolute atomic E-state index is 11.9. The molecule has 0 fully saturated rings. The van der Waals surface area contributed by atoms with Gasteiger partial charge in [0.05, 0.1) is 0 Å². The second kappa shape index (κ2) is 6.32. The van der Waals surface area contributed by atoms with Crippen molar-refractivity contribution in [3.8, 4) is 0 Å². The van der Waals surface area contributed by atoms with Crippen molar-refractivity contribution in [2.45, 2.75) is 39.3 Å². The Labute approximate surface area is 114 Å². The summed E-state index contributed by atoms with van der Waals surface area (Å²) in [6.45, 7) is 4.55. The number of rotatable bonds is 5. The first-order valence-corrected chi connectivity index (χ1v) is 6.86. The van der Waals surface area contributed by atoms with Gasteiger partial charge in [0, 0.05) is 17.5 Å². The Morgan fingerprint density at radius 1 is 1.26 bits per heavy atom. The summed E-state index contributed by atoms with van der Waals surface area (Å²) in [6, 6.07) is 10.4. The van der Waals surface area contributed by atoms with Crippen molar-refractivity contribution in [1.82, 2.24) is 5.32 Å². The number of carbonyl (C=O) groups excluding carboxylic acids is 1. The number of nitrogens with zero attached hydrogens (tertiary/aromatic N) is 1. The third-order valence-electron chi connectivity index (χ3n) is 3.20. The van der Waals surface area contributed by atoms with E-state index >= 15 is 0 Å². The average molecular weight is 257 g/mol. The van der Waals surface area contributed by atoms with Gasteiger partial charge in [-0.25, -0.2) is 0 Å². The van der Waals surface area contributed by atoms with Gasteiger partial charge in [-0.2, -0.15) is 4.57 Å². The first-order chi connectivity index (χ1) is 9.19. The lowest BCUT2D eigenvalue weighted by atomic mass is 10.2. The number of hydrogen-bond acceptors (Lipinski definition) is 1. The summed E-state index contributed by atoms with van der Waals surface area (Å²) in [7, 11) is 0. The van der Waals surface area contributed by atoms with Crippen LogP contribution in [0.25, 0.3) is 10.8 Å². The molecule has 0 aliphatic rings. The quantitative estimate of drug-likeness (QED) is 0.820. The van der Waals surface area contributed by atoms with Crippen molar-refractivity contribution in [2.24, 2.45) is 0 Å². The molecule has 100 valence electrons. The lowest BCUT2D eigenvalue weighted by molar-refractivity contribution is -0.683. The molecule has 1 amide bonds. The van der Waals surface area contributed by atoms with Crippen LogP contribution in [0.1, 0.15) is 26.7 Å². The lowest BCUT2D eigenvalue weighted by Gasteiger charge is -2.10. The van der Waals surface area contributed by atoms with Gasteiger partial charge < -0.3 is 5.32 Å². The number of nitrogens with one attached hydrogen (secondary N) is 1. The minimum atomic E-state index is 0.0706. The van der Waals surface area contributed by atoms with Gasteiger partial charge >= 0.3 is 0 Å². The zero-order chi connectivity index (χ0) is 13.7. The SMILES string of the molecule is CCC[C@H](C)NC(=O)C[n+]1ccc2ccccc2c1. The fourth-order valence-electron chi connectivity index (χ4n) is 2.27. The molecule has 1 atom stereocenters. The molecule has 19 heavy (non-hydrogen) atoms. The molecule has 3 nitrogen and oxygen atoms in total. The molecule has 2 aromatic rings. The summed E-state index contributed by atoms with van der Waals surface area (Å²) in [5, 5.41) is 5.36. The Morgan fingerprint density at radius 3 is 2.74 bits per heavy atom. The van der Waals surface area contributed by atoms with E-state index in [4.69, 9.17) is 0 Å². The molecular weight excluding hydrogens is 236 g/mol. The van der Waals surface area contributed by atoms with Crippen LogP contribution in [-0.4, -0.2) is 11.9 Å². The third kappa shape index (κ3) is 3.78. The standard InChI is InChI=1S/C16H20N2O/c1-3-6-13(2)17-16(19)12-18-10-9-14-7-4-5-8-15(14)11-18/h4-5,7-11,13H,3,6,12H2,1-2H3/p+1/t13-/m0/s1. The van der Waals surface area contributed by atoms with Crippen LogP contribution in [0.4, 0.5) is 0 Å². The highest BCUT2D eigenvalue weighted by atomic mass is 16.2. The van der Waals surface area contributed by atoms with E-state index in [1.165, 1.54) is 5.39 Å². The summed E-state index contributed by atoms with van der Waals surface area (Å²) in [5.74, 6) is 0.0706. The van der Waals surface area contributed by atoms with Crippen molar-refractivity contribution in [2.75, 3.05) is 0 Å². The van der Waals surface area contributed by atoms with E-state index in [-0.39, 0.29) is 11.9 Å². The van der Waals surface area contributed by atoms with Crippen LogP contribution in [0.5, 0.6) is 0 Å². The van der Waals surface area contributed by atoms with E-state index in [9.17, 15) is 4.79 Å². The largest absolute Gasteiger partial charge is 0.348 e. The molecule has 3 heteroatoms. The van der Waals surface area contributed by atoms with Gasteiger partial charge in [-0.3, -0.25) is 4.79 Å². The molecule has 0 unspecified atom stereocenters. The predicted octanol–water partition coefficient (Wildman–Crippen LogP) is 2.43. The number of benzene rings is 1. The van der Waals surface area contributed by atoms with Crippen molar-refractivity contribution in [3.63, 3.8) is 0 Å². The first-order valence-electron chi connectivity index (χ1n) is 6.86. The van der Waals surface area contributed by atoms with E-state index in [1.807, 2.05) is 42.1 Å². The number of fused-ring (bicyclic) bond motifs is 1. The summed E-state index contributed by atoms with van der Waals surface area (Å²) in [5.41, 5.74) is 0. The monoisotopic (exact) mass is 257 g/mol. The molecule has 0 saturated carbocycles. The van der Waals surface area contributed by atoms with Gasteiger partial charge in [-0.05, 0) is 24.8 Å². The summed E-state index contributed by atoms with van der Waals surface area (Å²) in [6.07, 6.45) is 6.07. The van der Waals surface area contributed by atoms with Crippen LogP contribution in [0, 0.1) is 0 Å². The van der Waals surface area contributed by atoms with Gasteiger partial charge in [-0.15, -0.1) is 0 Å². The second-order valence-electron chi connectivity index (χ2n) is 5.00. The summed E-state index contributed by atoms with van der Waals surface area (Å²) >= 11 is 0. The van der Waals surface area contributed by atoms with Crippen molar-refractivity contribution < 1.29 is 9.36 Å². The van der Waals surface area contributed by atoms with Gasteiger partial charge in [0.25, 0.3) is 5.91 Å². The number of aromatic nitrogens is 1.